The Labute approximate surface area is 124 Å². The molecule has 21 heavy (non-hydrogen) atoms. The maximum absolute atomic E-state index is 12.3. The second kappa shape index (κ2) is 6.08. The first-order valence-electron chi connectivity index (χ1n) is 7.47. The number of hydrogen-bond donors (Lipinski definition) is 1. The van der Waals surface area contributed by atoms with Crippen molar-refractivity contribution in [3.63, 3.8) is 0 Å². The number of aromatic nitrogens is 3. The van der Waals surface area contributed by atoms with Gasteiger partial charge in [0.05, 0.1) is 6.54 Å². The quantitative estimate of drug-likeness (QED) is 0.934. The molecule has 0 bridgehead atoms. The van der Waals surface area contributed by atoms with E-state index in [4.69, 9.17) is 0 Å². The molecular weight excluding hydrogens is 264 g/mol. The van der Waals surface area contributed by atoms with Crippen molar-refractivity contribution in [1.29, 1.82) is 0 Å². The SMILES string of the molecule is CC(Cn1cncn1)NC(=O)c1ccc2c(c1)CCCC2. The lowest BCUT2D eigenvalue weighted by molar-refractivity contribution is 0.0936. The summed E-state index contributed by atoms with van der Waals surface area (Å²) in [6, 6.07) is 6.09. The summed E-state index contributed by atoms with van der Waals surface area (Å²) in [5, 5.41) is 7.06. The van der Waals surface area contributed by atoms with Crippen LogP contribution in [0.4, 0.5) is 0 Å². The molecule has 110 valence electrons. The molecule has 1 amide bonds. The summed E-state index contributed by atoms with van der Waals surface area (Å²) in [6.07, 6.45) is 7.86. The summed E-state index contributed by atoms with van der Waals surface area (Å²) in [6.45, 7) is 2.59. The Hall–Kier alpha value is -2.17. The van der Waals surface area contributed by atoms with E-state index in [1.54, 1.807) is 11.0 Å². The Balaban J connectivity index is 1.64. The van der Waals surface area contributed by atoms with Gasteiger partial charge < -0.3 is 5.32 Å². The molecule has 1 aliphatic rings. The van der Waals surface area contributed by atoms with Gasteiger partial charge in [-0.1, -0.05) is 6.07 Å². The van der Waals surface area contributed by atoms with E-state index in [1.165, 1.54) is 30.3 Å². The molecule has 5 heteroatoms. The van der Waals surface area contributed by atoms with E-state index in [0.29, 0.717) is 6.54 Å². The van der Waals surface area contributed by atoms with Crippen LogP contribution in [0, 0.1) is 0 Å². The van der Waals surface area contributed by atoms with Crippen molar-refractivity contribution in [2.24, 2.45) is 0 Å². The smallest absolute Gasteiger partial charge is 0.251 e. The highest BCUT2D eigenvalue weighted by Crippen LogP contribution is 2.22. The number of amides is 1. The van der Waals surface area contributed by atoms with Crippen molar-refractivity contribution in [2.75, 3.05) is 0 Å². The molecular formula is C16H20N4O. The Morgan fingerprint density at radius 3 is 2.90 bits per heavy atom. The maximum Gasteiger partial charge on any atom is 0.251 e. The van der Waals surface area contributed by atoms with Crippen LogP contribution in [-0.2, 0) is 19.4 Å². The van der Waals surface area contributed by atoms with Crippen LogP contribution in [0.2, 0.25) is 0 Å². The number of nitrogens with zero attached hydrogens (tertiary/aromatic N) is 3. The zero-order valence-corrected chi connectivity index (χ0v) is 12.2. The van der Waals surface area contributed by atoms with E-state index in [1.807, 2.05) is 19.1 Å². The molecule has 1 aliphatic carbocycles. The molecule has 0 aliphatic heterocycles. The zero-order chi connectivity index (χ0) is 14.7. The normalized spacial score (nSPS) is 15.3. The topological polar surface area (TPSA) is 59.8 Å². The molecule has 5 nitrogen and oxygen atoms in total. The van der Waals surface area contributed by atoms with Crippen LogP contribution < -0.4 is 5.32 Å². The van der Waals surface area contributed by atoms with Gasteiger partial charge in [0, 0.05) is 11.6 Å². The molecule has 1 atom stereocenters. The van der Waals surface area contributed by atoms with Gasteiger partial charge in [-0.05, 0) is 55.9 Å². The van der Waals surface area contributed by atoms with Crippen LogP contribution in [0.25, 0.3) is 0 Å². The molecule has 1 N–H and O–H groups in total. The van der Waals surface area contributed by atoms with Crippen molar-refractivity contribution in [2.45, 2.75) is 45.2 Å². The van der Waals surface area contributed by atoms with Crippen molar-refractivity contribution < 1.29 is 4.79 Å². The molecule has 0 saturated carbocycles. The van der Waals surface area contributed by atoms with Gasteiger partial charge in [-0.3, -0.25) is 9.48 Å². The summed E-state index contributed by atoms with van der Waals surface area (Å²) in [4.78, 5) is 16.2. The fourth-order valence-electron chi connectivity index (χ4n) is 2.84. The van der Waals surface area contributed by atoms with E-state index in [9.17, 15) is 4.79 Å². The van der Waals surface area contributed by atoms with Crippen molar-refractivity contribution in [3.8, 4) is 0 Å². The highest BCUT2D eigenvalue weighted by molar-refractivity contribution is 5.94. The van der Waals surface area contributed by atoms with Crippen LogP contribution >= 0.6 is 0 Å². The van der Waals surface area contributed by atoms with E-state index in [-0.39, 0.29) is 11.9 Å². The minimum atomic E-state index is -0.0176. The molecule has 1 unspecified atom stereocenters. The van der Waals surface area contributed by atoms with E-state index >= 15 is 0 Å². The van der Waals surface area contributed by atoms with Gasteiger partial charge in [-0.2, -0.15) is 5.10 Å². The number of rotatable bonds is 4. The average molecular weight is 284 g/mol. The summed E-state index contributed by atoms with van der Waals surface area (Å²) >= 11 is 0. The summed E-state index contributed by atoms with van der Waals surface area (Å²) in [5.74, 6) is -0.0176. The largest absolute Gasteiger partial charge is 0.348 e. The first kappa shape index (κ1) is 13.8. The van der Waals surface area contributed by atoms with Crippen molar-refractivity contribution in [3.05, 3.63) is 47.5 Å². The number of carbonyl (C=O) groups excluding carboxylic acids is 1. The van der Waals surface area contributed by atoms with Crippen molar-refractivity contribution in [1.82, 2.24) is 20.1 Å². The van der Waals surface area contributed by atoms with Crippen LogP contribution in [0.1, 0.15) is 41.3 Å². The van der Waals surface area contributed by atoms with E-state index in [2.05, 4.69) is 21.5 Å². The summed E-state index contributed by atoms with van der Waals surface area (Å²) in [7, 11) is 0. The fourth-order valence-corrected chi connectivity index (χ4v) is 2.84. The number of nitrogens with one attached hydrogen (secondary N) is 1. The molecule has 1 aromatic carbocycles. The van der Waals surface area contributed by atoms with Gasteiger partial charge in [0.15, 0.2) is 0 Å². The van der Waals surface area contributed by atoms with Crippen LogP contribution in [0.5, 0.6) is 0 Å². The standard InChI is InChI=1S/C16H20N4O/c1-12(9-20-11-17-10-18-20)19-16(21)15-7-6-13-4-2-3-5-14(13)8-15/h6-8,10-12H,2-5,9H2,1H3,(H,19,21). The van der Waals surface area contributed by atoms with Gasteiger partial charge in [0.25, 0.3) is 5.91 Å². The predicted molar refractivity (Wildman–Crippen MR) is 80.0 cm³/mol. The fraction of sp³-hybridized carbons (Fsp3) is 0.438. The lowest BCUT2D eigenvalue weighted by Crippen LogP contribution is -2.35. The van der Waals surface area contributed by atoms with Gasteiger partial charge in [0.1, 0.15) is 12.7 Å². The maximum atomic E-state index is 12.3. The first-order valence-corrected chi connectivity index (χ1v) is 7.47. The van der Waals surface area contributed by atoms with Crippen molar-refractivity contribution >= 4 is 5.91 Å². The number of fused-ring (bicyclic) bond motifs is 1. The summed E-state index contributed by atoms with van der Waals surface area (Å²) in [5.41, 5.74) is 3.48. The van der Waals surface area contributed by atoms with Crippen LogP contribution in [-0.4, -0.2) is 26.7 Å². The number of hydrogen-bond acceptors (Lipinski definition) is 3. The van der Waals surface area contributed by atoms with Gasteiger partial charge in [-0.25, -0.2) is 4.98 Å². The highest BCUT2D eigenvalue weighted by Gasteiger charge is 2.14. The third-order valence-electron chi connectivity index (χ3n) is 3.92. The lowest BCUT2D eigenvalue weighted by Gasteiger charge is -2.18. The average Bonchev–Trinajstić information content (AvgIpc) is 2.99. The third kappa shape index (κ3) is 3.29. The number of carbonyl (C=O) groups is 1. The predicted octanol–water partition coefficient (Wildman–Crippen LogP) is 1.98. The monoisotopic (exact) mass is 284 g/mol. The number of benzene rings is 1. The minimum Gasteiger partial charge on any atom is -0.348 e. The second-order valence-electron chi connectivity index (χ2n) is 5.68. The molecule has 2 aromatic rings. The van der Waals surface area contributed by atoms with Gasteiger partial charge in [-0.15, -0.1) is 0 Å². The number of aryl methyl sites for hydroxylation is 2. The third-order valence-corrected chi connectivity index (χ3v) is 3.92. The molecule has 0 saturated heterocycles. The van der Waals surface area contributed by atoms with E-state index in [0.717, 1.165) is 18.4 Å². The first-order chi connectivity index (χ1) is 10.2. The van der Waals surface area contributed by atoms with Crippen LogP contribution in [0.3, 0.4) is 0 Å². The van der Waals surface area contributed by atoms with Crippen LogP contribution in [0.15, 0.2) is 30.9 Å². The Kier molecular flexibility index (Phi) is 3.99. The minimum absolute atomic E-state index is 0.00947. The van der Waals surface area contributed by atoms with Gasteiger partial charge in [0.2, 0.25) is 0 Å². The Morgan fingerprint density at radius 2 is 2.14 bits per heavy atom. The molecule has 1 heterocycles. The van der Waals surface area contributed by atoms with Gasteiger partial charge >= 0.3 is 0 Å². The Bertz CT molecular complexity index is 621. The summed E-state index contributed by atoms with van der Waals surface area (Å²) < 4.78 is 1.72. The molecule has 0 fully saturated rings. The molecule has 0 spiro atoms. The lowest BCUT2D eigenvalue weighted by atomic mass is 9.90. The second-order valence-corrected chi connectivity index (χ2v) is 5.68. The molecule has 3 rings (SSSR count). The molecule has 0 radical (unpaired) electrons. The molecule has 1 aromatic heterocycles. The highest BCUT2D eigenvalue weighted by atomic mass is 16.1. The zero-order valence-electron chi connectivity index (χ0n) is 12.2. The van der Waals surface area contributed by atoms with E-state index < -0.39 is 0 Å². The Morgan fingerprint density at radius 1 is 1.33 bits per heavy atom.